The van der Waals surface area contributed by atoms with Crippen molar-refractivity contribution >= 4 is 11.8 Å². The Morgan fingerprint density at radius 3 is 2.42 bits per heavy atom. The molecule has 1 aromatic rings. The van der Waals surface area contributed by atoms with Crippen molar-refractivity contribution in [1.82, 2.24) is 4.98 Å². The van der Waals surface area contributed by atoms with Crippen LogP contribution in [0.3, 0.4) is 0 Å². The van der Waals surface area contributed by atoms with Gasteiger partial charge in [0, 0.05) is 13.6 Å². The van der Waals surface area contributed by atoms with Crippen molar-refractivity contribution < 1.29 is 23.1 Å². The molecular formula is C12H15F3N2O2. The molecule has 0 aliphatic carbocycles. The van der Waals surface area contributed by atoms with Crippen LogP contribution in [0.5, 0.6) is 0 Å². The number of anilines is 1. The Bertz CT molecular complexity index is 473. The Labute approximate surface area is 108 Å². The van der Waals surface area contributed by atoms with Crippen LogP contribution in [0, 0.1) is 5.92 Å². The van der Waals surface area contributed by atoms with Crippen LogP contribution < -0.4 is 4.90 Å². The van der Waals surface area contributed by atoms with Crippen molar-refractivity contribution in [2.45, 2.75) is 20.0 Å². The Morgan fingerprint density at radius 1 is 1.42 bits per heavy atom. The van der Waals surface area contributed by atoms with Crippen molar-refractivity contribution in [1.29, 1.82) is 0 Å². The van der Waals surface area contributed by atoms with Gasteiger partial charge in [0.25, 0.3) is 0 Å². The van der Waals surface area contributed by atoms with Crippen LogP contribution in [-0.4, -0.2) is 29.7 Å². The van der Waals surface area contributed by atoms with Gasteiger partial charge < -0.3 is 10.0 Å². The van der Waals surface area contributed by atoms with Gasteiger partial charge in [0.15, 0.2) is 0 Å². The highest BCUT2D eigenvalue weighted by atomic mass is 19.4. The smallest absolute Gasteiger partial charge is 0.433 e. The number of rotatable bonds is 4. The summed E-state index contributed by atoms with van der Waals surface area (Å²) in [6, 6.07) is 1.61. The predicted octanol–water partition coefficient (Wildman–Crippen LogP) is 2.89. The molecule has 0 radical (unpaired) electrons. The molecular weight excluding hydrogens is 261 g/mol. The monoisotopic (exact) mass is 276 g/mol. The number of hydrogen-bond donors (Lipinski definition) is 1. The van der Waals surface area contributed by atoms with Crippen molar-refractivity contribution in [3.63, 3.8) is 0 Å². The normalized spacial score (nSPS) is 11.7. The van der Waals surface area contributed by atoms with Crippen LogP contribution in [0.25, 0.3) is 0 Å². The third kappa shape index (κ3) is 3.84. The van der Waals surface area contributed by atoms with E-state index in [1.807, 2.05) is 13.8 Å². The van der Waals surface area contributed by atoms with E-state index in [0.717, 1.165) is 6.07 Å². The molecule has 0 spiro atoms. The number of aromatic nitrogens is 1. The molecule has 19 heavy (non-hydrogen) atoms. The Balaban J connectivity index is 3.27. The molecule has 0 aromatic carbocycles. The molecule has 0 amide bonds. The maximum atomic E-state index is 12.6. The lowest BCUT2D eigenvalue weighted by molar-refractivity contribution is -0.141. The third-order valence-electron chi connectivity index (χ3n) is 2.40. The average molecular weight is 276 g/mol. The minimum atomic E-state index is -4.59. The van der Waals surface area contributed by atoms with Gasteiger partial charge in [-0.15, -0.1) is 0 Å². The molecule has 0 aliphatic rings. The van der Waals surface area contributed by atoms with E-state index in [-0.39, 0.29) is 17.3 Å². The number of alkyl halides is 3. The molecule has 0 fully saturated rings. The second-order valence-corrected chi connectivity index (χ2v) is 4.64. The van der Waals surface area contributed by atoms with Crippen molar-refractivity contribution in [2.75, 3.05) is 18.5 Å². The predicted molar refractivity (Wildman–Crippen MR) is 64.3 cm³/mol. The summed E-state index contributed by atoms with van der Waals surface area (Å²) in [5.41, 5.74) is -1.33. The lowest BCUT2D eigenvalue weighted by Gasteiger charge is -2.22. The molecule has 0 saturated carbocycles. The van der Waals surface area contributed by atoms with Crippen molar-refractivity contribution in [2.24, 2.45) is 5.92 Å². The van der Waals surface area contributed by atoms with Gasteiger partial charge in [-0.3, -0.25) is 0 Å². The maximum absolute atomic E-state index is 12.6. The lowest BCUT2D eigenvalue weighted by atomic mass is 10.1. The zero-order chi connectivity index (χ0) is 14.8. The molecule has 106 valence electrons. The number of carboxylic acids is 1. The molecule has 0 bridgehead atoms. The van der Waals surface area contributed by atoms with E-state index in [4.69, 9.17) is 5.11 Å². The number of carboxylic acid groups (broad SMARTS) is 1. The number of hydrogen-bond acceptors (Lipinski definition) is 3. The fourth-order valence-corrected chi connectivity index (χ4v) is 1.70. The molecule has 1 aromatic heterocycles. The highest BCUT2D eigenvalue weighted by molar-refractivity contribution is 5.93. The van der Waals surface area contributed by atoms with Gasteiger partial charge in [-0.25, -0.2) is 9.78 Å². The molecule has 4 nitrogen and oxygen atoms in total. The van der Waals surface area contributed by atoms with Crippen LogP contribution in [-0.2, 0) is 6.18 Å². The summed E-state index contributed by atoms with van der Waals surface area (Å²) in [6.45, 7) is 4.17. The summed E-state index contributed by atoms with van der Waals surface area (Å²) < 4.78 is 37.8. The highest BCUT2D eigenvalue weighted by Gasteiger charge is 2.34. The van der Waals surface area contributed by atoms with Crippen LogP contribution in [0.4, 0.5) is 19.0 Å². The zero-order valence-corrected chi connectivity index (χ0v) is 10.8. The first-order valence-corrected chi connectivity index (χ1v) is 5.65. The largest absolute Gasteiger partial charge is 0.478 e. The summed E-state index contributed by atoms with van der Waals surface area (Å²) in [6.07, 6.45) is -4.59. The van der Waals surface area contributed by atoms with Gasteiger partial charge in [0.05, 0.1) is 0 Å². The van der Waals surface area contributed by atoms with Gasteiger partial charge in [0.2, 0.25) is 0 Å². The fourth-order valence-electron chi connectivity index (χ4n) is 1.70. The van der Waals surface area contributed by atoms with Gasteiger partial charge in [-0.2, -0.15) is 13.2 Å². The Kier molecular flexibility index (Phi) is 4.39. The van der Waals surface area contributed by atoms with Gasteiger partial charge in [0.1, 0.15) is 17.1 Å². The maximum Gasteiger partial charge on any atom is 0.433 e. The molecule has 0 saturated heterocycles. The van der Waals surface area contributed by atoms with E-state index in [2.05, 4.69) is 4.98 Å². The molecule has 1 heterocycles. The van der Waals surface area contributed by atoms with Gasteiger partial charge in [-0.05, 0) is 18.1 Å². The van der Waals surface area contributed by atoms with E-state index >= 15 is 0 Å². The molecule has 1 N–H and O–H groups in total. The topological polar surface area (TPSA) is 53.4 Å². The van der Waals surface area contributed by atoms with Crippen molar-refractivity contribution in [3.8, 4) is 0 Å². The number of pyridine rings is 1. The molecule has 0 atom stereocenters. The van der Waals surface area contributed by atoms with Crippen LogP contribution in [0.2, 0.25) is 0 Å². The summed E-state index contributed by atoms with van der Waals surface area (Å²) in [4.78, 5) is 15.9. The number of nitrogens with zero attached hydrogens (tertiary/aromatic N) is 2. The van der Waals surface area contributed by atoms with E-state index in [9.17, 15) is 18.0 Å². The zero-order valence-electron chi connectivity index (χ0n) is 10.8. The second-order valence-electron chi connectivity index (χ2n) is 4.64. The number of halogens is 3. The molecule has 0 aliphatic heterocycles. The van der Waals surface area contributed by atoms with E-state index < -0.39 is 17.8 Å². The standard InChI is InChI=1S/C12H15F3N2O2/c1-7(2)6-17(3)10-8(11(18)19)4-5-9(16-10)12(13,14)15/h4-5,7H,6H2,1-3H3,(H,18,19). The second kappa shape index (κ2) is 5.46. The fraction of sp³-hybridized carbons (Fsp3) is 0.500. The SMILES string of the molecule is CC(C)CN(C)c1nc(C(F)(F)F)ccc1C(=O)O. The van der Waals surface area contributed by atoms with Crippen LogP contribution >= 0.6 is 0 Å². The Morgan fingerprint density at radius 2 is 2.00 bits per heavy atom. The Hall–Kier alpha value is -1.79. The quantitative estimate of drug-likeness (QED) is 0.918. The molecule has 7 heteroatoms. The minimum absolute atomic E-state index is 0.169. The minimum Gasteiger partial charge on any atom is -0.478 e. The molecule has 0 unspecified atom stereocenters. The summed E-state index contributed by atoms with van der Waals surface area (Å²) in [5, 5.41) is 8.99. The van der Waals surface area contributed by atoms with Gasteiger partial charge in [-0.1, -0.05) is 13.8 Å². The lowest BCUT2D eigenvalue weighted by Crippen LogP contribution is -2.26. The molecule has 1 rings (SSSR count). The first-order chi connectivity index (χ1) is 8.62. The van der Waals surface area contributed by atoms with Crippen molar-refractivity contribution in [3.05, 3.63) is 23.4 Å². The van der Waals surface area contributed by atoms with Gasteiger partial charge >= 0.3 is 12.1 Å². The summed E-state index contributed by atoms with van der Waals surface area (Å²) >= 11 is 0. The van der Waals surface area contributed by atoms with E-state index in [1.54, 1.807) is 0 Å². The van der Waals surface area contributed by atoms with Crippen LogP contribution in [0.1, 0.15) is 29.9 Å². The first-order valence-electron chi connectivity index (χ1n) is 5.65. The average Bonchev–Trinajstić information content (AvgIpc) is 2.25. The summed E-state index contributed by atoms with van der Waals surface area (Å²) in [7, 11) is 1.52. The van der Waals surface area contributed by atoms with E-state index in [1.165, 1.54) is 11.9 Å². The number of carbonyl (C=O) groups is 1. The third-order valence-corrected chi connectivity index (χ3v) is 2.40. The highest BCUT2D eigenvalue weighted by Crippen LogP contribution is 2.30. The van der Waals surface area contributed by atoms with Crippen LogP contribution in [0.15, 0.2) is 12.1 Å². The summed E-state index contributed by atoms with van der Waals surface area (Å²) in [5.74, 6) is -1.30. The first kappa shape index (κ1) is 15.3. The number of aromatic carboxylic acids is 1. The van der Waals surface area contributed by atoms with E-state index in [0.29, 0.717) is 12.6 Å².